The maximum Gasteiger partial charge on any atom is 0.269 e. The number of hydrogen-bond acceptors (Lipinski definition) is 4. The first-order valence-electron chi connectivity index (χ1n) is 7.62. The van der Waals surface area contributed by atoms with Crippen molar-refractivity contribution in [2.24, 2.45) is 0 Å². The molecular weight excluding hydrogens is 366 g/mol. The van der Waals surface area contributed by atoms with Crippen LogP contribution in [-0.4, -0.2) is 31.1 Å². The molecule has 0 bridgehead atoms. The molecule has 1 aliphatic rings. The van der Waals surface area contributed by atoms with Gasteiger partial charge < -0.3 is 5.32 Å². The monoisotopic (exact) mass is 380 g/mol. The number of carbonyl (C=O) groups excluding carboxylic acids is 2. The Morgan fingerprint density at radius 3 is 2.54 bits per heavy atom. The van der Waals surface area contributed by atoms with E-state index in [9.17, 15) is 26.8 Å². The molecule has 0 unspecified atom stereocenters. The molecule has 1 N–H and O–H groups in total. The lowest BCUT2D eigenvalue weighted by atomic mass is 10.1. The first-order chi connectivity index (χ1) is 12.2. The van der Waals surface area contributed by atoms with Crippen LogP contribution in [0.3, 0.4) is 0 Å². The lowest BCUT2D eigenvalue weighted by Crippen LogP contribution is -2.41. The van der Waals surface area contributed by atoms with Crippen LogP contribution in [0.15, 0.2) is 47.4 Å². The second kappa shape index (κ2) is 6.49. The van der Waals surface area contributed by atoms with Gasteiger partial charge in [-0.05, 0) is 25.1 Å². The van der Waals surface area contributed by atoms with Crippen molar-refractivity contribution in [3.8, 4) is 0 Å². The summed E-state index contributed by atoms with van der Waals surface area (Å²) in [4.78, 5) is 24.3. The van der Waals surface area contributed by atoms with E-state index in [4.69, 9.17) is 0 Å². The summed E-state index contributed by atoms with van der Waals surface area (Å²) in [5.74, 6) is -3.17. The Bertz CT molecular complexity index is 1010. The lowest BCUT2D eigenvalue weighted by molar-refractivity contribution is -0.121. The highest BCUT2D eigenvalue weighted by molar-refractivity contribution is 7.90. The second-order valence-electron chi connectivity index (χ2n) is 5.77. The smallest absolute Gasteiger partial charge is 0.269 e. The van der Waals surface area contributed by atoms with E-state index in [1.807, 2.05) is 0 Å². The number of nitrogens with one attached hydrogen (secondary N) is 1. The molecule has 26 heavy (non-hydrogen) atoms. The van der Waals surface area contributed by atoms with Gasteiger partial charge in [-0.25, -0.2) is 21.5 Å². The van der Waals surface area contributed by atoms with Gasteiger partial charge in [-0.1, -0.05) is 18.2 Å². The minimum atomic E-state index is -4.11. The molecule has 9 heteroatoms. The van der Waals surface area contributed by atoms with Crippen LogP contribution in [0.5, 0.6) is 0 Å². The number of sulfonamides is 1. The van der Waals surface area contributed by atoms with Crippen molar-refractivity contribution in [3.05, 3.63) is 65.2 Å². The highest BCUT2D eigenvalue weighted by atomic mass is 32.2. The van der Waals surface area contributed by atoms with E-state index in [2.05, 4.69) is 5.32 Å². The molecule has 2 amide bonds. The van der Waals surface area contributed by atoms with Gasteiger partial charge in [0.2, 0.25) is 5.91 Å². The molecule has 2 aromatic carbocycles. The van der Waals surface area contributed by atoms with Gasteiger partial charge in [-0.2, -0.15) is 0 Å². The van der Waals surface area contributed by atoms with Crippen LogP contribution in [-0.2, 0) is 14.8 Å². The Kier molecular flexibility index (Phi) is 4.49. The molecule has 6 nitrogen and oxygen atoms in total. The number of hydrogen-bond donors (Lipinski definition) is 1. The molecule has 0 fully saturated rings. The zero-order valence-electron chi connectivity index (χ0n) is 13.6. The average Bonchev–Trinajstić information content (AvgIpc) is 2.76. The Morgan fingerprint density at radius 2 is 1.88 bits per heavy atom. The molecule has 0 radical (unpaired) electrons. The van der Waals surface area contributed by atoms with Crippen molar-refractivity contribution in [2.45, 2.75) is 17.9 Å². The van der Waals surface area contributed by atoms with Gasteiger partial charge in [0.05, 0.1) is 11.6 Å². The van der Waals surface area contributed by atoms with Crippen molar-refractivity contribution in [1.29, 1.82) is 0 Å². The number of benzene rings is 2. The quantitative estimate of drug-likeness (QED) is 0.879. The molecule has 136 valence electrons. The second-order valence-corrected chi connectivity index (χ2v) is 7.60. The van der Waals surface area contributed by atoms with Gasteiger partial charge in [-0.3, -0.25) is 9.59 Å². The minimum Gasteiger partial charge on any atom is -0.348 e. The highest BCUT2D eigenvalue weighted by Crippen LogP contribution is 2.29. The summed E-state index contributed by atoms with van der Waals surface area (Å²) in [6.07, 6.45) is 0. The lowest BCUT2D eigenvalue weighted by Gasteiger charge is -2.18. The maximum absolute atomic E-state index is 13.8. The summed E-state index contributed by atoms with van der Waals surface area (Å²) in [6, 6.07) is 7.73. The van der Waals surface area contributed by atoms with Crippen molar-refractivity contribution in [2.75, 3.05) is 6.54 Å². The number of amides is 2. The topological polar surface area (TPSA) is 83.6 Å². The first-order valence-corrected chi connectivity index (χ1v) is 9.06. The molecule has 1 atom stereocenters. The number of nitrogens with zero attached hydrogens (tertiary/aromatic N) is 1. The number of carbonyl (C=O) groups is 2. The fourth-order valence-electron chi connectivity index (χ4n) is 2.74. The summed E-state index contributed by atoms with van der Waals surface area (Å²) in [5.41, 5.74) is 0.0385. The molecule has 0 spiro atoms. The van der Waals surface area contributed by atoms with Crippen LogP contribution < -0.4 is 5.32 Å². The van der Waals surface area contributed by atoms with Crippen molar-refractivity contribution in [1.82, 2.24) is 9.62 Å². The summed E-state index contributed by atoms with van der Waals surface area (Å²) in [6.45, 7) is 0.728. The fourth-order valence-corrected chi connectivity index (χ4v) is 4.26. The van der Waals surface area contributed by atoms with E-state index in [-0.39, 0.29) is 16.0 Å². The van der Waals surface area contributed by atoms with Crippen molar-refractivity contribution in [3.63, 3.8) is 0 Å². The highest BCUT2D eigenvalue weighted by Gasteiger charge is 2.41. The molecule has 1 heterocycles. The van der Waals surface area contributed by atoms with Crippen molar-refractivity contribution < 1.29 is 26.8 Å². The number of halogens is 2. The van der Waals surface area contributed by atoms with E-state index < -0.39 is 46.1 Å². The van der Waals surface area contributed by atoms with Gasteiger partial charge >= 0.3 is 0 Å². The predicted octanol–water partition coefficient (Wildman–Crippen LogP) is 1.99. The summed E-state index contributed by atoms with van der Waals surface area (Å²) >= 11 is 0. The summed E-state index contributed by atoms with van der Waals surface area (Å²) < 4.78 is 52.0. The van der Waals surface area contributed by atoms with Gasteiger partial charge in [-0.15, -0.1) is 0 Å². The normalized spacial score (nSPS) is 16.3. The number of fused-ring (bicyclic) bond motifs is 1. The van der Waals surface area contributed by atoms with Gasteiger partial charge in [0.1, 0.15) is 23.1 Å². The molecule has 2 aromatic rings. The Balaban J connectivity index is 1.76. The Labute approximate surface area is 148 Å². The fraction of sp³-hybridized carbons (Fsp3) is 0.176. The third-order valence-electron chi connectivity index (χ3n) is 4.01. The van der Waals surface area contributed by atoms with Crippen LogP contribution in [0.4, 0.5) is 8.78 Å². The van der Waals surface area contributed by atoms with Gasteiger partial charge in [0.25, 0.3) is 15.9 Å². The van der Waals surface area contributed by atoms with Crippen LogP contribution in [0.2, 0.25) is 0 Å². The van der Waals surface area contributed by atoms with Crippen LogP contribution >= 0.6 is 0 Å². The predicted molar refractivity (Wildman–Crippen MR) is 87.6 cm³/mol. The zero-order valence-corrected chi connectivity index (χ0v) is 14.4. The van der Waals surface area contributed by atoms with Crippen LogP contribution in [0.1, 0.15) is 28.9 Å². The first kappa shape index (κ1) is 18.0. The van der Waals surface area contributed by atoms with E-state index >= 15 is 0 Å². The SMILES string of the molecule is C[C@H](NC(=O)CN1C(=O)c2ccccc2S1(=O)=O)c1ccc(F)cc1F. The summed E-state index contributed by atoms with van der Waals surface area (Å²) in [7, 11) is -4.11. The molecule has 1 aliphatic heterocycles. The molecule has 3 rings (SSSR count). The molecule has 0 aromatic heterocycles. The zero-order chi connectivity index (χ0) is 19.1. The Morgan fingerprint density at radius 1 is 1.19 bits per heavy atom. The van der Waals surface area contributed by atoms with Crippen LogP contribution in [0, 0.1) is 11.6 Å². The molecule has 0 saturated heterocycles. The van der Waals surface area contributed by atoms with Gasteiger partial charge in [0, 0.05) is 11.6 Å². The summed E-state index contributed by atoms with van der Waals surface area (Å²) in [5, 5.41) is 2.41. The third kappa shape index (κ3) is 3.05. The van der Waals surface area contributed by atoms with Crippen LogP contribution in [0.25, 0.3) is 0 Å². The molecule has 0 aliphatic carbocycles. The average molecular weight is 380 g/mol. The Hall–Kier alpha value is -2.81. The number of rotatable bonds is 4. The van der Waals surface area contributed by atoms with Gasteiger partial charge in [0.15, 0.2) is 0 Å². The maximum atomic E-state index is 13.8. The largest absolute Gasteiger partial charge is 0.348 e. The van der Waals surface area contributed by atoms with E-state index in [1.165, 1.54) is 37.3 Å². The van der Waals surface area contributed by atoms with Crippen molar-refractivity contribution >= 4 is 21.8 Å². The van der Waals surface area contributed by atoms with E-state index in [1.54, 1.807) is 0 Å². The van der Waals surface area contributed by atoms with E-state index in [0.717, 1.165) is 6.07 Å². The molecule has 0 saturated carbocycles. The third-order valence-corrected chi connectivity index (χ3v) is 5.79. The standard InChI is InChI=1S/C17H14F2N2O4S/c1-10(12-7-6-11(18)8-14(12)19)20-16(22)9-21-17(23)13-4-2-3-5-15(13)26(21,24)25/h2-8,10H,9H2,1H3,(H,20,22)/t10-/m0/s1. The minimum absolute atomic E-state index is 0.00192. The molecular formula is C17H14F2N2O4S. The van der Waals surface area contributed by atoms with E-state index in [0.29, 0.717) is 10.4 Å².